The van der Waals surface area contributed by atoms with E-state index < -0.39 is 10.8 Å². The SMILES string of the molecule is C=CC1(C)c2ccccc2N2c3ncncc3N(C)C2C1(C)C1N(c2ccccc2C)N=C(c2ccccc2)N1c1ccccc1. The Labute approximate surface area is 270 Å². The number of aryl methyl sites for hydroxylation is 1. The Morgan fingerprint density at radius 1 is 0.739 bits per heavy atom. The highest BCUT2D eigenvalue weighted by Gasteiger charge is 2.67. The molecule has 7 heteroatoms. The number of fused-ring (bicyclic) bond motifs is 5. The van der Waals surface area contributed by atoms with E-state index in [4.69, 9.17) is 10.1 Å². The standard InChI is InChI=1S/C39H37N7/c1-6-38(3)30-22-14-16-24-32(30)45-35-33(25-40-26-41-35)43(5)36(45)39(38,4)37-44(29-20-11-8-12-21-29)34(28-18-9-7-10-19-28)42-46(37)31-23-15-13-17-27(31)2/h6-26,36-37H,1H2,2-5H3. The van der Waals surface area contributed by atoms with Gasteiger partial charge < -0.3 is 14.7 Å². The zero-order valence-electron chi connectivity index (χ0n) is 26.6. The molecule has 5 aromatic rings. The number of hydrazone groups is 1. The van der Waals surface area contributed by atoms with Crippen molar-refractivity contribution in [2.45, 2.75) is 38.5 Å². The Hall–Kier alpha value is -5.43. The fourth-order valence-electron chi connectivity index (χ4n) is 8.09. The maximum absolute atomic E-state index is 5.57. The summed E-state index contributed by atoms with van der Waals surface area (Å²) >= 11 is 0. The van der Waals surface area contributed by atoms with Crippen molar-refractivity contribution in [1.29, 1.82) is 0 Å². The van der Waals surface area contributed by atoms with Gasteiger partial charge in [-0.3, -0.25) is 0 Å². The van der Waals surface area contributed by atoms with Crippen LogP contribution in [0.2, 0.25) is 0 Å². The van der Waals surface area contributed by atoms with E-state index in [0.29, 0.717) is 0 Å². The molecular formula is C39H37N7. The molecule has 4 aromatic carbocycles. The summed E-state index contributed by atoms with van der Waals surface area (Å²) in [5.74, 6) is 1.80. The molecule has 0 fully saturated rings. The Morgan fingerprint density at radius 3 is 2.11 bits per heavy atom. The van der Waals surface area contributed by atoms with Crippen LogP contribution in [0, 0.1) is 12.3 Å². The molecule has 0 N–H and O–H groups in total. The quantitative estimate of drug-likeness (QED) is 0.191. The van der Waals surface area contributed by atoms with Crippen molar-refractivity contribution in [1.82, 2.24) is 9.97 Å². The molecule has 0 bridgehead atoms. The molecule has 0 amide bonds. The van der Waals surface area contributed by atoms with Gasteiger partial charge in [0.25, 0.3) is 0 Å². The van der Waals surface area contributed by atoms with Gasteiger partial charge in [0.1, 0.15) is 24.3 Å². The zero-order chi connectivity index (χ0) is 31.6. The van der Waals surface area contributed by atoms with Gasteiger partial charge in [-0.25, -0.2) is 15.0 Å². The van der Waals surface area contributed by atoms with E-state index in [9.17, 15) is 0 Å². The third-order valence-electron chi connectivity index (χ3n) is 10.6. The number of benzene rings is 4. The summed E-state index contributed by atoms with van der Waals surface area (Å²) in [5.41, 5.74) is 6.58. The lowest BCUT2D eigenvalue weighted by molar-refractivity contribution is 0.106. The van der Waals surface area contributed by atoms with E-state index in [1.165, 1.54) is 5.56 Å². The first-order valence-electron chi connectivity index (χ1n) is 15.8. The van der Waals surface area contributed by atoms with Crippen molar-refractivity contribution in [3.05, 3.63) is 151 Å². The number of nitrogens with zero attached hydrogens (tertiary/aromatic N) is 7. The van der Waals surface area contributed by atoms with Crippen LogP contribution in [-0.4, -0.2) is 35.2 Å². The lowest BCUT2D eigenvalue weighted by Crippen LogP contribution is -2.71. The van der Waals surface area contributed by atoms with Crippen molar-refractivity contribution < 1.29 is 0 Å². The third kappa shape index (κ3) is 3.68. The number of amidine groups is 1. The van der Waals surface area contributed by atoms with E-state index in [1.54, 1.807) is 6.33 Å². The van der Waals surface area contributed by atoms with Crippen LogP contribution in [0.5, 0.6) is 0 Å². The van der Waals surface area contributed by atoms with Gasteiger partial charge >= 0.3 is 0 Å². The van der Waals surface area contributed by atoms with E-state index in [0.717, 1.165) is 45.5 Å². The predicted octanol–water partition coefficient (Wildman–Crippen LogP) is 7.88. The molecule has 4 atom stereocenters. The normalized spacial score (nSPS) is 24.7. The Bertz CT molecular complexity index is 1980. The molecule has 228 valence electrons. The average Bonchev–Trinajstić information content (AvgIpc) is 3.65. The van der Waals surface area contributed by atoms with Crippen LogP contribution in [0.3, 0.4) is 0 Å². The van der Waals surface area contributed by atoms with Gasteiger partial charge in [-0.15, -0.1) is 6.58 Å². The predicted molar refractivity (Wildman–Crippen MR) is 188 cm³/mol. The smallest absolute Gasteiger partial charge is 0.162 e. The molecule has 0 radical (unpaired) electrons. The molecule has 0 saturated heterocycles. The van der Waals surface area contributed by atoms with Gasteiger partial charge in [-0.2, -0.15) is 5.10 Å². The maximum atomic E-state index is 5.57. The van der Waals surface area contributed by atoms with Crippen LogP contribution in [0.1, 0.15) is 30.5 Å². The first-order valence-corrected chi connectivity index (χ1v) is 15.8. The van der Waals surface area contributed by atoms with Crippen LogP contribution in [-0.2, 0) is 5.41 Å². The lowest BCUT2D eigenvalue weighted by atomic mass is 9.55. The van der Waals surface area contributed by atoms with Crippen molar-refractivity contribution in [3.63, 3.8) is 0 Å². The number of anilines is 5. The summed E-state index contributed by atoms with van der Waals surface area (Å²) in [7, 11) is 2.17. The molecule has 3 aliphatic heterocycles. The molecule has 46 heavy (non-hydrogen) atoms. The molecular weight excluding hydrogens is 566 g/mol. The fourth-order valence-corrected chi connectivity index (χ4v) is 8.09. The summed E-state index contributed by atoms with van der Waals surface area (Å²) in [6, 6.07) is 38.5. The summed E-state index contributed by atoms with van der Waals surface area (Å²) in [4.78, 5) is 16.6. The molecule has 3 aliphatic rings. The molecule has 1 aromatic heterocycles. The number of rotatable bonds is 5. The number of hydrogen-bond acceptors (Lipinski definition) is 7. The monoisotopic (exact) mass is 603 g/mol. The van der Waals surface area contributed by atoms with Crippen molar-refractivity contribution >= 4 is 34.4 Å². The van der Waals surface area contributed by atoms with E-state index >= 15 is 0 Å². The van der Waals surface area contributed by atoms with Crippen LogP contribution >= 0.6 is 0 Å². The molecule has 4 unspecified atom stereocenters. The minimum Gasteiger partial charge on any atom is -0.349 e. The summed E-state index contributed by atoms with van der Waals surface area (Å²) < 4.78 is 0. The highest BCUT2D eigenvalue weighted by atomic mass is 15.6. The highest BCUT2D eigenvalue weighted by molar-refractivity contribution is 6.13. The lowest BCUT2D eigenvalue weighted by Gasteiger charge is -2.61. The average molecular weight is 604 g/mol. The number of hydrogen-bond donors (Lipinski definition) is 0. The molecule has 0 spiro atoms. The second-order valence-electron chi connectivity index (χ2n) is 12.8. The Balaban J connectivity index is 1.47. The molecule has 4 heterocycles. The second-order valence-corrected chi connectivity index (χ2v) is 12.8. The first kappa shape index (κ1) is 28.1. The van der Waals surface area contributed by atoms with Crippen LogP contribution in [0.25, 0.3) is 0 Å². The van der Waals surface area contributed by atoms with Gasteiger partial charge in [0.2, 0.25) is 0 Å². The third-order valence-corrected chi connectivity index (χ3v) is 10.6. The minimum atomic E-state index is -0.587. The van der Waals surface area contributed by atoms with Gasteiger partial charge in [0.15, 0.2) is 11.7 Å². The van der Waals surface area contributed by atoms with E-state index in [2.05, 4.69) is 174 Å². The van der Waals surface area contributed by atoms with Gasteiger partial charge in [0, 0.05) is 29.4 Å². The number of aromatic nitrogens is 2. The molecule has 0 aliphatic carbocycles. The van der Waals surface area contributed by atoms with E-state index in [1.807, 2.05) is 6.20 Å². The van der Waals surface area contributed by atoms with Gasteiger partial charge in [0.05, 0.1) is 17.3 Å². The molecule has 8 rings (SSSR count). The topological polar surface area (TPSA) is 51.1 Å². The minimum absolute atomic E-state index is 0.162. The van der Waals surface area contributed by atoms with Crippen molar-refractivity contribution in [2.75, 3.05) is 26.8 Å². The summed E-state index contributed by atoms with van der Waals surface area (Å²) in [6.45, 7) is 11.5. The van der Waals surface area contributed by atoms with Crippen LogP contribution in [0.15, 0.2) is 139 Å². The summed E-state index contributed by atoms with van der Waals surface area (Å²) in [6.07, 6.45) is 5.29. The van der Waals surface area contributed by atoms with Gasteiger partial charge in [-0.1, -0.05) is 105 Å². The Morgan fingerprint density at radius 2 is 1.39 bits per heavy atom. The fraction of sp³-hybridized carbons (Fsp3) is 0.205. The maximum Gasteiger partial charge on any atom is 0.162 e. The summed E-state index contributed by atoms with van der Waals surface area (Å²) in [5, 5.41) is 7.83. The second kappa shape index (κ2) is 10.3. The van der Waals surface area contributed by atoms with Gasteiger partial charge in [-0.05, 0) is 42.3 Å². The first-order chi connectivity index (χ1) is 22.4. The molecule has 7 nitrogen and oxygen atoms in total. The highest BCUT2D eigenvalue weighted by Crippen LogP contribution is 2.63. The van der Waals surface area contributed by atoms with E-state index in [-0.39, 0.29) is 12.3 Å². The Kier molecular flexibility index (Phi) is 6.29. The number of para-hydroxylation sites is 3. The number of allylic oxidation sites excluding steroid dienone is 1. The van der Waals surface area contributed by atoms with Crippen LogP contribution in [0.4, 0.5) is 28.6 Å². The zero-order valence-corrected chi connectivity index (χ0v) is 26.6. The molecule has 0 saturated carbocycles. The largest absolute Gasteiger partial charge is 0.349 e. The van der Waals surface area contributed by atoms with Crippen molar-refractivity contribution in [2.24, 2.45) is 10.5 Å². The van der Waals surface area contributed by atoms with Crippen LogP contribution < -0.4 is 19.7 Å². The van der Waals surface area contributed by atoms with Crippen molar-refractivity contribution in [3.8, 4) is 0 Å².